The van der Waals surface area contributed by atoms with E-state index in [2.05, 4.69) is 0 Å². The first kappa shape index (κ1) is 9.88. The molecule has 1 aliphatic heterocycles. The highest BCUT2D eigenvalue weighted by Gasteiger charge is 2.33. The van der Waals surface area contributed by atoms with Gasteiger partial charge in [-0.05, 0) is 6.92 Å². The minimum Gasteiger partial charge on any atom is -0.394 e. The normalized spacial score (nSPS) is 39.5. The van der Waals surface area contributed by atoms with Gasteiger partial charge in [-0.2, -0.15) is 0 Å². The Kier molecular flexibility index (Phi) is 3.42. The van der Waals surface area contributed by atoms with E-state index in [1.807, 2.05) is 0 Å². The Balaban J connectivity index is 2.48. The van der Waals surface area contributed by atoms with Gasteiger partial charge in [0.1, 0.15) is 12.2 Å². The second kappa shape index (κ2) is 4.15. The lowest BCUT2D eigenvalue weighted by Gasteiger charge is -2.34. The number of ether oxygens (including phenoxy) is 2. The summed E-state index contributed by atoms with van der Waals surface area (Å²) in [6, 6.07) is 0. The fourth-order valence-electron chi connectivity index (χ4n) is 1.09. The van der Waals surface area contributed by atoms with Gasteiger partial charge in [-0.25, -0.2) is 0 Å². The Morgan fingerprint density at radius 3 is 2.83 bits per heavy atom. The van der Waals surface area contributed by atoms with Crippen molar-refractivity contribution in [3.8, 4) is 0 Å². The zero-order valence-corrected chi connectivity index (χ0v) is 6.88. The third-order valence-corrected chi connectivity index (χ3v) is 1.74. The molecule has 3 N–H and O–H groups in total. The molecule has 0 aromatic rings. The Bertz CT molecular complexity index is 136. The van der Waals surface area contributed by atoms with Gasteiger partial charge in [-0.3, -0.25) is 0 Å². The Hall–Kier alpha value is -0.200. The lowest BCUT2D eigenvalue weighted by atomic mass is 10.2. The largest absolute Gasteiger partial charge is 0.394 e. The lowest BCUT2D eigenvalue weighted by molar-refractivity contribution is -0.272. The molecule has 0 bridgehead atoms. The molecule has 12 heavy (non-hydrogen) atoms. The van der Waals surface area contributed by atoms with Crippen molar-refractivity contribution in [2.24, 2.45) is 0 Å². The molecule has 1 fully saturated rings. The van der Waals surface area contributed by atoms with Crippen molar-refractivity contribution < 1.29 is 24.8 Å². The molecular weight excluding hydrogens is 164 g/mol. The van der Waals surface area contributed by atoms with Crippen LogP contribution in [0.2, 0.25) is 0 Å². The topological polar surface area (TPSA) is 79.2 Å². The first-order valence-corrected chi connectivity index (χ1v) is 3.89. The standard InChI is InChI=1S/C7H14O5/c1-4-3-11-7(10)6(12-4)5(9)2-8/h4-10H,2-3H2,1H3. The Morgan fingerprint density at radius 1 is 1.58 bits per heavy atom. The predicted molar refractivity (Wildman–Crippen MR) is 39.4 cm³/mol. The van der Waals surface area contributed by atoms with Crippen molar-refractivity contribution >= 4 is 0 Å². The zero-order chi connectivity index (χ0) is 9.14. The number of hydrogen-bond acceptors (Lipinski definition) is 5. The van der Waals surface area contributed by atoms with Crippen LogP contribution in [0.3, 0.4) is 0 Å². The molecule has 1 aliphatic rings. The van der Waals surface area contributed by atoms with Crippen molar-refractivity contribution in [3.05, 3.63) is 0 Å². The maximum atomic E-state index is 9.17. The molecule has 0 spiro atoms. The highest BCUT2D eigenvalue weighted by molar-refractivity contribution is 4.75. The molecular formula is C7H14O5. The van der Waals surface area contributed by atoms with Gasteiger partial charge in [0, 0.05) is 0 Å². The third-order valence-electron chi connectivity index (χ3n) is 1.74. The summed E-state index contributed by atoms with van der Waals surface area (Å²) in [4.78, 5) is 0. The fraction of sp³-hybridized carbons (Fsp3) is 1.00. The van der Waals surface area contributed by atoms with E-state index >= 15 is 0 Å². The molecule has 5 nitrogen and oxygen atoms in total. The molecule has 72 valence electrons. The highest BCUT2D eigenvalue weighted by atomic mass is 16.7. The zero-order valence-electron chi connectivity index (χ0n) is 6.88. The van der Waals surface area contributed by atoms with Crippen molar-refractivity contribution in [1.82, 2.24) is 0 Å². The third kappa shape index (κ3) is 2.15. The summed E-state index contributed by atoms with van der Waals surface area (Å²) in [5, 5.41) is 26.9. The average molecular weight is 178 g/mol. The van der Waals surface area contributed by atoms with Gasteiger partial charge in [-0.1, -0.05) is 0 Å². The summed E-state index contributed by atoms with van der Waals surface area (Å²) in [5.74, 6) is 0. The molecule has 1 saturated heterocycles. The summed E-state index contributed by atoms with van der Waals surface area (Å²) in [6.45, 7) is 1.62. The number of hydrogen-bond donors (Lipinski definition) is 3. The van der Waals surface area contributed by atoms with Crippen molar-refractivity contribution in [2.75, 3.05) is 13.2 Å². The van der Waals surface area contributed by atoms with Crippen molar-refractivity contribution in [1.29, 1.82) is 0 Å². The van der Waals surface area contributed by atoms with Crippen molar-refractivity contribution in [2.45, 2.75) is 31.5 Å². The fourth-order valence-corrected chi connectivity index (χ4v) is 1.09. The first-order valence-electron chi connectivity index (χ1n) is 3.89. The molecule has 1 heterocycles. The number of aliphatic hydroxyl groups is 3. The van der Waals surface area contributed by atoms with Crippen LogP contribution in [-0.4, -0.2) is 53.1 Å². The van der Waals surface area contributed by atoms with E-state index in [1.165, 1.54) is 0 Å². The van der Waals surface area contributed by atoms with Crippen LogP contribution in [-0.2, 0) is 9.47 Å². The smallest absolute Gasteiger partial charge is 0.183 e. The maximum Gasteiger partial charge on any atom is 0.183 e. The molecule has 0 saturated carbocycles. The van der Waals surface area contributed by atoms with Gasteiger partial charge < -0.3 is 24.8 Å². The summed E-state index contributed by atoms with van der Waals surface area (Å²) < 4.78 is 10.1. The molecule has 0 aromatic carbocycles. The molecule has 4 unspecified atom stereocenters. The van der Waals surface area contributed by atoms with Crippen LogP contribution in [0.15, 0.2) is 0 Å². The van der Waals surface area contributed by atoms with Crippen LogP contribution in [0.4, 0.5) is 0 Å². The van der Waals surface area contributed by atoms with E-state index in [0.717, 1.165) is 0 Å². The molecule has 5 heteroatoms. The van der Waals surface area contributed by atoms with E-state index in [1.54, 1.807) is 6.92 Å². The quantitative estimate of drug-likeness (QED) is 0.477. The van der Waals surface area contributed by atoms with Crippen LogP contribution in [0.25, 0.3) is 0 Å². The summed E-state index contributed by atoms with van der Waals surface area (Å²) in [7, 11) is 0. The van der Waals surface area contributed by atoms with E-state index in [-0.39, 0.29) is 6.10 Å². The van der Waals surface area contributed by atoms with Crippen LogP contribution >= 0.6 is 0 Å². The van der Waals surface area contributed by atoms with Crippen molar-refractivity contribution in [3.63, 3.8) is 0 Å². The maximum absolute atomic E-state index is 9.17. The average Bonchev–Trinajstić information content (AvgIpc) is 2.08. The molecule has 4 atom stereocenters. The van der Waals surface area contributed by atoms with Gasteiger partial charge in [-0.15, -0.1) is 0 Å². The molecule has 0 aromatic heterocycles. The minimum absolute atomic E-state index is 0.167. The van der Waals surface area contributed by atoms with Crippen LogP contribution in [0.5, 0.6) is 0 Å². The Labute approximate surface area is 70.5 Å². The monoisotopic (exact) mass is 178 g/mol. The van der Waals surface area contributed by atoms with Gasteiger partial charge >= 0.3 is 0 Å². The Morgan fingerprint density at radius 2 is 2.25 bits per heavy atom. The van der Waals surface area contributed by atoms with Crippen LogP contribution in [0.1, 0.15) is 6.92 Å². The summed E-state index contributed by atoms with van der Waals surface area (Å²) in [6.07, 6.45) is -3.26. The van der Waals surface area contributed by atoms with Gasteiger partial charge in [0.25, 0.3) is 0 Å². The second-order valence-corrected chi connectivity index (χ2v) is 2.89. The van der Waals surface area contributed by atoms with E-state index < -0.39 is 25.1 Å². The number of rotatable bonds is 2. The van der Waals surface area contributed by atoms with Gasteiger partial charge in [0.05, 0.1) is 19.3 Å². The van der Waals surface area contributed by atoms with E-state index in [9.17, 15) is 0 Å². The lowest BCUT2D eigenvalue weighted by Crippen LogP contribution is -2.49. The van der Waals surface area contributed by atoms with Crippen LogP contribution in [0, 0.1) is 0 Å². The summed E-state index contributed by atoms with van der Waals surface area (Å²) in [5.41, 5.74) is 0. The molecule has 0 aliphatic carbocycles. The van der Waals surface area contributed by atoms with Gasteiger partial charge in [0.2, 0.25) is 0 Å². The number of aliphatic hydroxyl groups excluding tert-OH is 3. The molecule has 0 amide bonds. The first-order chi connectivity index (χ1) is 5.65. The van der Waals surface area contributed by atoms with E-state index in [0.29, 0.717) is 6.61 Å². The second-order valence-electron chi connectivity index (χ2n) is 2.89. The highest BCUT2D eigenvalue weighted by Crippen LogP contribution is 2.15. The molecule has 1 rings (SSSR count). The minimum atomic E-state index is -1.15. The van der Waals surface area contributed by atoms with E-state index in [4.69, 9.17) is 24.8 Å². The molecule has 0 radical (unpaired) electrons. The van der Waals surface area contributed by atoms with Crippen LogP contribution < -0.4 is 0 Å². The summed E-state index contributed by atoms with van der Waals surface area (Å²) >= 11 is 0. The SMILES string of the molecule is CC1COC(O)C(C(O)CO)O1. The van der Waals surface area contributed by atoms with Gasteiger partial charge in [0.15, 0.2) is 6.29 Å². The predicted octanol–water partition coefficient (Wildman–Crippen LogP) is -1.54.